The molecule has 0 fully saturated rings. The van der Waals surface area contributed by atoms with Crippen LogP contribution in [0.3, 0.4) is 0 Å². The maximum Gasteiger partial charge on any atom is 0.234 e. The molecule has 0 radical (unpaired) electrons. The average Bonchev–Trinajstić information content (AvgIpc) is 2.81. The SMILES string of the molecule is C=CCn1c(C)nnc1SCC(=O)Nc1ccc(C)cc1Br. The van der Waals surface area contributed by atoms with Crippen molar-refractivity contribution in [3.8, 4) is 0 Å². The highest BCUT2D eigenvalue weighted by Gasteiger charge is 2.11. The number of benzene rings is 1. The number of thioether (sulfide) groups is 1. The zero-order chi connectivity index (χ0) is 16.1. The molecule has 0 aliphatic carbocycles. The topological polar surface area (TPSA) is 59.8 Å². The van der Waals surface area contributed by atoms with Gasteiger partial charge in [-0.05, 0) is 47.5 Å². The quantitative estimate of drug-likeness (QED) is 0.614. The molecule has 0 aliphatic heterocycles. The first-order valence-electron chi connectivity index (χ1n) is 6.70. The molecule has 0 aliphatic rings. The Hall–Kier alpha value is -1.60. The smallest absolute Gasteiger partial charge is 0.234 e. The second-order valence-electron chi connectivity index (χ2n) is 4.75. The Morgan fingerprint density at radius 2 is 2.23 bits per heavy atom. The molecule has 22 heavy (non-hydrogen) atoms. The third kappa shape index (κ3) is 4.20. The van der Waals surface area contributed by atoms with Gasteiger partial charge in [0.1, 0.15) is 5.82 Å². The van der Waals surface area contributed by atoms with Gasteiger partial charge < -0.3 is 9.88 Å². The molecule has 1 amide bonds. The zero-order valence-electron chi connectivity index (χ0n) is 12.5. The van der Waals surface area contributed by atoms with Crippen LogP contribution in [0.15, 0.2) is 40.5 Å². The van der Waals surface area contributed by atoms with Crippen LogP contribution in [0.4, 0.5) is 5.69 Å². The predicted octanol–water partition coefficient (Wildman–Crippen LogP) is 3.57. The van der Waals surface area contributed by atoms with Crippen LogP contribution in [0.1, 0.15) is 11.4 Å². The molecular weight excluding hydrogens is 364 g/mol. The Balaban J connectivity index is 1.97. The summed E-state index contributed by atoms with van der Waals surface area (Å²) in [6.45, 7) is 8.23. The lowest BCUT2D eigenvalue weighted by Crippen LogP contribution is -2.15. The molecule has 1 heterocycles. The van der Waals surface area contributed by atoms with Gasteiger partial charge in [-0.1, -0.05) is 23.9 Å². The molecule has 1 aromatic heterocycles. The van der Waals surface area contributed by atoms with E-state index in [1.807, 2.05) is 36.6 Å². The second kappa shape index (κ2) is 7.60. The van der Waals surface area contributed by atoms with E-state index in [0.29, 0.717) is 6.54 Å². The fourth-order valence-electron chi connectivity index (χ4n) is 1.85. The number of aryl methyl sites for hydroxylation is 2. The highest BCUT2D eigenvalue weighted by atomic mass is 79.9. The summed E-state index contributed by atoms with van der Waals surface area (Å²) in [5.41, 5.74) is 1.90. The van der Waals surface area contributed by atoms with Crippen molar-refractivity contribution in [2.75, 3.05) is 11.1 Å². The molecule has 0 unspecified atom stereocenters. The number of allylic oxidation sites excluding steroid dienone is 1. The minimum atomic E-state index is -0.0830. The summed E-state index contributed by atoms with van der Waals surface area (Å²) in [6, 6.07) is 5.80. The summed E-state index contributed by atoms with van der Waals surface area (Å²) in [7, 11) is 0. The Morgan fingerprint density at radius 3 is 2.91 bits per heavy atom. The molecule has 0 saturated heterocycles. The number of hydrogen-bond acceptors (Lipinski definition) is 4. The maximum absolute atomic E-state index is 12.1. The normalized spacial score (nSPS) is 10.5. The highest BCUT2D eigenvalue weighted by molar-refractivity contribution is 9.10. The van der Waals surface area contributed by atoms with Crippen molar-refractivity contribution in [2.45, 2.75) is 25.5 Å². The molecule has 2 rings (SSSR count). The lowest BCUT2D eigenvalue weighted by molar-refractivity contribution is -0.113. The molecule has 0 saturated carbocycles. The standard InChI is InChI=1S/C15H17BrN4OS/c1-4-7-20-11(3)18-19-15(20)22-9-14(21)17-13-6-5-10(2)8-12(13)16/h4-6,8H,1,7,9H2,2-3H3,(H,17,21). The van der Waals surface area contributed by atoms with E-state index in [-0.39, 0.29) is 11.7 Å². The van der Waals surface area contributed by atoms with E-state index in [4.69, 9.17) is 0 Å². The first-order valence-corrected chi connectivity index (χ1v) is 8.48. The predicted molar refractivity (Wildman–Crippen MR) is 93.2 cm³/mol. The van der Waals surface area contributed by atoms with Crippen LogP contribution in [0.5, 0.6) is 0 Å². The first-order chi connectivity index (χ1) is 10.5. The molecule has 0 atom stereocenters. The van der Waals surface area contributed by atoms with Gasteiger partial charge in [-0.15, -0.1) is 16.8 Å². The number of rotatable bonds is 6. The van der Waals surface area contributed by atoms with Crippen molar-refractivity contribution in [3.63, 3.8) is 0 Å². The van der Waals surface area contributed by atoms with Crippen molar-refractivity contribution >= 4 is 39.3 Å². The van der Waals surface area contributed by atoms with Crippen LogP contribution in [0.2, 0.25) is 0 Å². The van der Waals surface area contributed by atoms with Crippen molar-refractivity contribution < 1.29 is 4.79 Å². The van der Waals surface area contributed by atoms with Gasteiger partial charge in [-0.3, -0.25) is 4.79 Å². The van der Waals surface area contributed by atoms with Gasteiger partial charge >= 0.3 is 0 Å². The van der Waals surface area contributed by atoms with Gasteiger partial charge in [0.15, 0.2) is 5.16 Å². The number of halogens is 1. The summed E-state index contributed by atoms with van der Waals surface area (Å²) in [5, 5.41) is 11.7. The van der Waals surface area contributed by atoms with Crippen LogP contribution in [-0.2, 0) is 11.3 Å². The fraction of sp³-hybridized carbons (Fsp3) is 0.267. The molecule has 0 spiro atoms. The zero-order valence-corrected chi connectivity index (χ0v) is 14.9. The van der Waals surface area contributed by atoms with Gasteiger partial charge in [-0.25, -0.2) is 0 Å². The minimum absolute atomic E-state index is 0.0830. The molecule has 1 aromatic carbocycles. The Morgan fingerprint density at radius 1 is 1.45 bits per heavy atom. The number of aromatic nitrogens is 3. The number of hydrogen-bond donors (Lipinski definition) is 1. The molecule has 7 heteroatoms. The monoisotopic (exact) mass is 380 g/mol. The summed E-state index contributed by atoms with van der Waals surface area (Å²) in [5.74, 6) is 1.000. The fourth-order valence-corrected chi connectivity index (χ4v) is 3.23. The number of nitrogens with zero attached hydrogens (tertiary/aromatic N) is 3. The highest BCUT2D eigenvalue weighted by Crippen LogP contribution is 2.24. The van der Waals surface area contributed by atoms with Crippen molar-refractivity contribution in [3.05, 3.63) is 46.7 Å². The first kappa shape index (κ1) is 16.8. The van der Waals surface area contributed by atoms with E-state index < -0.39 is 0 Å². The number of carbonyl (C=O) groups is 1. The van der Waals surface area contributed by atoms with E-state index in [0.717, 1.165) is 26.7 Å². The lowest BCUT2D eigenvalue weighted by atomic mass is 10.2. The van der Waals surface area contributed by atoms with Gasteiger partial charge in [0, 0.05) is 11.0 Å². The lowest BCUT2D eigenvalue weighted by Gasteiger charge is -2.08. The van der Waals surface area contributed by atoms with Crippen molar-refractivity contribution in [1.29, 1.82) is 0 Å². The second-order valence-corrected chi connectivity index (χ2v) is 6.55. The summed E-state index contributed by atoms with van der Waals surface area (Å²) in [4.78, 5) is 12.1. The van der Waals surface area contributed by atoms with E-state index in [1.54, 1.807) is 6.08 Å². The molecule has 116 valence electrons. The largest absolute Gasteiger partial charge is 0.324 e. The van der Waals surface area contributed by atoms with E-state index in [9.17, 15) is 4.79 Å². The van der Waals surface area contributed by atoms with E-state index in [1.165, 1.54) is 11.8 Å². The third-order valence-corrected chi connectivity index (χ3v) is 4.57. The van der Waals surface area contributed by atoms with Gasteiger partial charge in [-0.2, -0.15) is 0 Å². The van der Waals surface area contributed by atoms with Crippen LogP contribution < -0.4 is 5.32 Å². The van der Waals surface area contributed by atoms with Crippen molar-refractivity contribution in [2.24, 2.45) is 0 Å². The van der Waals surface area contributed by atoms with Gasteiger partial charge in [0.25, 0.3) is 0 Å². The van der Waals surface area contributed by atoms with Crippen LogP contribution >= 0.6 is 27.7 Å². The van der Waals surface area contributed by atoms with E-state index in [2.05, 4.69) is 38.0 Å². The molecule has 5 nitrogen and oxygen atoms in total. The van der Waals surface area contributed by atoms with Gasteiger partial charge in [0.05, 0.1) is 11.4 Å². The van der Waals surface area contributed by atoms with Crippen LogP contribution in [-0.4, -0.2) is 26.4 Å². The average molecular weight is 381 g/mol. The van der Waals surface area contributed by atoms with Crippen LogP contribution in [0.25, 0.3) is 0 Å². The summed E-state index contributed by atoms with van der Waals surface area (Å²) in [6.07, 6.45) is 1.78. The van der Waals surface area contributed by atoms with Crippen molar-refractivity contribution in [1.82, 2.24) is 14.8 Å². The van der Waals surface area contributed by atoms with E-state index >= 15 is 0 Å². The summed E-state index contributed by atoms with van der Waals surface area (Å²) < 4.78 is 2.80. The Labute approximate surface area is 142 Å². The minimum Gasteiger partial charge on any atom is -0.324 e. The summed E-state index contributed by atoms with van der Waals surface area (Å²) >= 11 is 4.81. The Kier molecular flexibility index (Phi) is 5.79. The maximum atomic E-state index is 12.1. The molecular formula is C15H17BrN4OS. The third-order valence-electron chi connectivity index (χ3n) is 2.94. The Bertz CT molecular complexity index is 699. The van der Waals surface area contributed by atoms with Crippen LogP contribution in [0, 0.1) is 13.8 Å². The number of amides is 1. The molecule has 2 aromatic rings. The number of anilines is 1. The number of nitrogens with one attached hydrogen (secondary N) is 1. The molecule has 0 bridgehead atoms. The van der Waals surface area contributed by atoms with Gasteiger partial charge in [0.2, 0.25) is 5.91 Å². The molecule has 1 N–H and O–H groups in total. The number of carbonyl (C=O) groups excluding carboxylic acids is 1.